The molecule has 32 heavy (non-hydrogen) atoms. The van der Waals surface area contributed by atoms with Crippen molar-refractivity contribution in [3.63, 3.8) is 0 Å². The van der Waals surface area contributed by atoms with Crippen LogP contribution in [-0.4, -0.2) is 114 Å². The van der Waals surface area contributed by atoms with Gasteiger partial charge in [-0.3, -0.25) is 4.79 Å². The predicted molar refractivity (Wildman–Crippen MR) is 116 cm³/mol. The average molecular weight is 464 g/mol. The van der Waals surface area contributed by atoms with E-state index in [-0.39, 0.29) is 25.3 Å². The molecule has 0 bridgehead atoms. The number of unbranched alkanes of at least 4 members (excludes halogenated alkanes) is 1. The standard InChI is InChI=1S/C20H41N5O7/c1-25(13(27)9-21)15-17(29)18(14(24)16(28)19(15)30-2)32-20-11(23)6-7-12(31-20)10(22)5-3-4-8-26/h10-12,14-20,26,28-29H,3-9,21-24H2,1-2H3. The Balaban J connectivity index is 2.14. The van der Waals surface area contributed by atoms with Crippen molar-refractivity contribution in [3.05, 3.63) is 0 Å². The molecule has 12 heteroatoms. The van der Waals surface area contributed by atoms with Crippen LogP contribution in [-0.2, 0) is 19.0 Å². The molecular weight excluding hydrogens is 422 g/mol. The highest BCUT2D eigenvalue weighted by molar-refractivity contribution is 5.78. The summed E-state index contributed by atoms with van der Waals surface area (Å²) >= 11 is 0. The van der Waals surface area contributed by atoms with Crippen LogP contribution < -0.4 is 22.9 Å². The number of carbonyl (C=O) groups excluding carboxylic acids is 1. The molecule has 188 valence electrons. The van der Waals surface area contributed by atoms with E-state index in [0.717, 1.165) is 6.42 Å². The van der Waals surface area contributed by atoms with E-state index in [2.05, 4.69) is 0 Å². The fourth-order valence-corrected chi connectivity index (χ4v) is 4.56. The Morgan fingerprint density at radius 3 is 2.47 bits per heavy atom. The number of hydrogen-bond donors (Lipinski definition) is 7. The third-order valence-corrected chi connectivity index (χ3v) is 6.58. The Labute approximate surface area is 189 Å². The molecule has 1 heterocycles. The number of likely N-dealkylation sites (N-methyl/N-ethyl adjacent to an activating group) is 1. The van der Waals surface area contributed by atoms with E-state index in [9.17, 15) is 15.0 Å². The molecule has 11 N–H and O–H groups in total. The number of ether oxygens (including phenoxy) is 3. The summed E-state index contributed by atoms with van der Waals surface area (Å²) in [5.74, 6) is -0.433. The smallest absolute Gasteiger partial charge is 0.236 e. The minimum absolute atomic E-state index is 0.110. The fourth-order valence-electron chi connectivity index (χ4n) is 4.56. The number of rotatable bonds is 10. The number of nitrogens with zero attached hydrogens (tertiary/aromatic N) is 1. The minimum atomic E-state index is -1.28. The summed E-state index contributed by atoms with van der Waals surface area (Å²) in [7, 11) is 2.84. The zero-order chi connectivity index (χ0) is 24.0. The van der Waals surface area contributed by atoms with Crippen molar-refractivity contribution in [2.75, 3.05) is 27.3 Å². The average Bonchev–Trinajstić information content (AvgIpc) is 2.78. The van der Waals surface area contributed by atoms with E-state index in [1.807, 2.05) is 0 Å². The Morgan fingerprint density at radius 2 is 1.88 bits per heavy atom. The number of carbonyl (C=O) groups is 1. The molecule has 1 aliphatic heterocycles. The summed E-state index contributed by atoms with van der Waals surface area (Å²) in [5, 5.41) is 30.8. The minimum Gasteiger partial charge on any atom is -0.396 e. The van der Waals surface area contributed by atoms with Gasteiger partial charge in [-0.05, 0) is 32.1 Å². The van der Waals surface area contributed by atoms with E-state index in [1.54, 1.807) is 0 Å². The SMILES string of the molecule is COC1C(O)C(N)C(OC2OC(C(N)CCCCO)CCC2N)C(O)C1N(C)C(=O)CN. The predicted octanol–water partition coefficient (Wildman–Crippen LogP) is -3.44. The summed E-state index contributed by atoms with van der Waals surface area (Å²) in [4.78, 5) is 13.4. The molecule has 2 fully saturated rings. The van der Waals surface area contributed by atoms with Gasteiger partial charge in [-0.15, -0.1) is 0 Å². The number of hydrogen-bond acceptors (Lipinski definition) is 11. The van der Waals surface area contributed by atoms with E-state index in [1.165, 1.54) is 19.1 Å². The lowest BCUT2D eigenvalue weighted by atomic mass is 9.80. The number of amides is 1. The van der Waals surface area contributed by atoms with Crippen molar-refractivity contribution in [1.82, 2.24) is 4.90 Å². The van der Waals surface area contributed by atoms with Gasteiger partial charge < -0.3 is 57.4 Å². The van der Waals surface area contributed by atoms with Crippen molar-refractivity contribution < 1.29 is 34.3 Å². The molecule has 2 aliphatic rings. The van der Waals surface area contributed by atoms with Crippen LogP contribution in [0, 0.1) is 0 Å². The van der Waals surface area contributed by atoms with Gasteiger partial charge in [0.1, 0.15) is 18.3 Å². The molecule has 12 nitrogen and oxygen atoms in total. The second-order valence-electron chi connectivity index (χ2n) is 8.73. The number of aliphatic hydroxyl groups excluding tert-OH is 3. The lowest BCUT2D eigenvalue weighted by Gasteiger charge is -2.50. The molecule has 0 radical (unpaired) electrons. The number of methoxy groups -OCH3 is 1. The first-order valence-corrected chi connectivity index (χ1v) is 11.2. The molecule has 0 aromatic rings. The van der Waals surface area contributed by atoms with Gasteiger partial charge >= 0.3 is 0 Å². The summed E-state index contributed by atoms with van der Waals surface area (Å²) < 4.78 is 17.4. The van der Waals surface area contributed by atoms with Gasteiger partial charge in [0.2, 0.25) is 5.91 Å². The highest BCUT2D eigenvalue weighted by Gasteiger charge is 2.53. The van der Waals surface area contributed by atoms with Crippen molar-refractivity contribution in [1.29, 1.82) is 0 Å². The van der Waals surface area contributed by atoms with Crippen LogP contribution in [0.4, 0.5) is 0 Å². The topological polar surface area (TPSA) is 213 Å². The molecule has 10 atom stereocenters. The lowest BCUT2D eigenvalue weighted by molar-refractivity contribution is -0.268. The first kappa shape index (κ1) is 27.3. The van der Waals surface area contributed by atoms with E-state index in [4.69, 9.17) is 42.3 Å². The van der Waals surface area contributed by atoms with Crippen LogP contribution in [0.2, 0.25) is 0 Å². The normalized spacial score (nSPS) is 39.0. The molecule has 0 aromatic carbocycles. The fraction of sp³-hybridized carbons (Fsp3) is 0.950. The molecule has 10 unspecified atom stereocenters. The van der Waals surface area contributed by atoms with Gasteiger partial charge in [0.25, 0.3) is 0 Å². The third-order valence-electron chi connectivity index (χ3n) is 6.58. The molecule has 1 saturated heterocycles. The van der Waals surface area contributed by atoms with Crippen LogP contribution in [0.3, 0.4) is 0 Å². The van der Waals surface area contributed by atoms with Gasteiger partial charge in [0.05, 0.1) is 36.9 Å². The largest absolute Gasteiger partial charge is 0.396 e. The Hall–Kier alpha value is -0.930. The van der Waals surface area contributed by atoms with E-state index < -0.39 is 54.7 Å². The molecule has 1 aliphatic carbocycles. The molecule has 0 aromatic heterocycles. The molecular formula is C20H41N5O7. The Kier molecular flexibility index (Phi) is 10.7. The zero-order valence-corrected chi connectivity index (χ0v) is 19.0. The summed E-state index contributed by atoms with van der Waals surface area (Å²) in [6, 6.07) is -2.68. The molecule has 1 amide bonds. The molecule has 0 spiro atoms. The quantitative estimate of drug-likeness (QED) is 0.158. The molecule has 2 rings (SSSR count). The van der Waals surface area contributed by atoms with E-state index in [0.29, 0.717) is 25.7 Å². The second-order valence-corrected chi connectivity index (χ2v) is 8.73. The number of aliphatic hydroxyl groups is 3. The van der Waals surface area contributed by atoms with Crippen LogP contribution in [0.5, 0.6) is 0 Å². The first-order valence-electron chi connectivity index (χ1n) is 11.2. The highest BCUT2D eigenvalue weighted by atomic mass is 16.7. The van der Waals surface area contributed by atoms with E-state index >= 15 is 0 Å². The van der Waals surface area contributed by atoms with Crippen LogP contribution >= 0.6 is 0 Å². The second kappa shape index (κ2) is 12.5. The monoisotopic (exact) mass is 463 g/mol. The molecule has 1 saturated carbocycles. The number of nitrogens with two attached hydrogens (primary N) is 4. The third kappa shape index (κ3) is 6.14. The van der Waals surface area contributed by atoms with Gasteiger partial charge in [0.15, 0.2) is 6.29 Å². The lowest BCUT2D eigenvalue weighted by Crippen LogP contribution is -2.72. The van der Waals surface area contributed by atoms with Gasteiger partial charge in [-0.1, -0.05) is 0 Å². The maximum atomic E-state index is 12.2. The van der Waals surface area contributed by atoms with Crippen molar-refractivity contribution in [3.8, 4) is 0 Å². The van der Waals surface area contributed by atoms with Crippen LogP contribution in [0.1, 0.15) is 32.1 Å². The van der Waals surface area contributed by atoms with Gasteiger partial charge in [0, 0.05) is 26.8 Å². The zero-order valence-electron chi connectivity index (χ0n) is 19.0. The van der Waals surface area contributed by atoms with Crippen LogP contribution in [0.25, 0.3) is 0 Å². The van der Waals surface area contributed by atoms with Gasteiger partial charge in [-0.2, -0.15) is 0 Å². The maximum absolute atomic E-state index is 12.2. The highest BCUT2D eigenvalue weighted by Crippen LogP contribution is 2.31. The Bertz CT molecular complexity index is 589. The van der Waals surface area contributed by atoms with Crippen molar-refractivity contribution >= 4 is 5.91 Å². The summed E-state index contributed by atoms with van der Waals surface area (Å²) in [5.41, 5.74) is 24.1. The summed E-state index contributed by atoms with van der Waals surface area (Å²) in [6.07, 6.45) is -2.34. The van der Waals surface area contributed by atoms with Crippen molar-refractivity contribution in [2.24, 2.45) is 22.9 Å². The maximum Gasteiger partial charge on any atom is 0.236 e. The first-order chi connectivity index (χ1) is 15.2. The van der Waals surface area contributed by atoms with Gasteiger partial charge in [-0.25, -0.2) is 0 Å². The van der Waals surface area contributed by atoms with Crippen molar-refractivity contribution in [2.45, 2.75) is 93.1 Å². The summed E-state index contributed by atoms with van der Waals surface area (Å²) in [6.45, 7) is -0.157. The Morgan fingerprint density at radius 1 is 1.19 bits per heavy atom. The van der Waals surface area contributed by atoms with Crippen LogP contribution in [0.15, 0.2) is 0 Å².